The highest BCUT2D eigenvalue weighted by Gasteiger charge is 2.25. The molecular formula is C22H28ClIN8. The van der Waals surface area contributed by atoms with Gasteiger partial charge in [0.15, 0.2) is 5.96 Å². The number of anilines is 1. The van der Waals surface area contributed by atoms with Crippen LogP contribution in [0.2, 0.25) is 5.02 Å². The van der Waals surface area contributed by atoms with Gasteiger partial charge in [-0.25, -0.2) is 19.6 Å². The molecule has 2 aromatic heterocycles. The minimum Gasteiger partial charge on any atom is -0.357 e. The second kappa shape index (κ2) is 12.0. The van der Waals surface area contributed by atoms with Crippen LogP contribution in [0, 0.1) is 0 Å². The number of rotatable bonds is 7. The molecule has 0 radical (unpaired) electrons. The molecule has 1 atom stereocenters. The van der Waals surface area contributed by atoms with E-state index in [1.54, 1.807) is 18.9 Å². The first-order valence-corrected chi connectivity index (χ1v) is 10.9. The largest absolute Gasteiger partial charge is 0.357 e. The van der Waals surface area contributed by atoms with Gasteiger partial charge in [-0.1, -0.05) is 35.9 Å². The molecule has 2 N–H and O–H groups in total. The van der Waals surface area contributed by atoms with Crippen LogP contribution in [0.5, 0.6) is 0 Å². The molecule has 1 aliphatic rings. The van der Waals surface area contributed by atoms with E-state index in [2.05, 4.69) is 61.8 Å². The molecular weight excluding hydrogens is 539 g/mol. The van der Waals surface area contributed by atoms with Crippen LogP contribution in [0.1, 0.15) is 24.5 Å². The smallest absolute Gasteiger partial charge is 0.191 e. The highest BCUT2D eigenvalue weighted by Crippen LogP contribution is 2.25. The lowest BCUT2D eigenvalue weighted by Gasteiger charge is -2.20. The quantitative estimate of drug-likeness (QED) is 0.259. The number of nitrogens with zero attached hydrogens (tertiary/aromatic N) is 6. The Hall–Kier alpha value is -2.40. The van der Waals surface area contributed by atoms with E-state index in [4.69, 9.17) is 16.6 Å². The molecule has 0 aliphatic carbocycles. The molecule has 0 bridgehead atoms. The van der Waals surface area contributed by atoms with Gasteiger partial charge in [-0.15, -0.1) is 24.0 Å². The van der Waals surface area contributed by atoms with Crippen molar-refractivity contribution in [1.82, 2.24) is 30.4 Å². The summed E-state index contributed by atoms with van der Waals surface area (Å²) < 4.78 is 1.81. The van der Waals surface area contributed by atoms with Crippen LogP contribution in [0.3, 0.4) is 0 Å². The van der Waals surface area contributed by atoms with Crippen molar-refractivity contribution in [2.24, 2.45) is 4.99 Å². The zero-order valence-electron chi connectivity index (χ0n) is 18.0. The summed E-state index contributed by atoms with van der Waals surface area (Å²) in [5.74, 6) is 1.67. The third-order valence-electron chi connectivity index (χ3n) is 5.13. The number of pyridine rings is 1. The van der Waals surface area contributed by atoms with Gasteiger partial charge in [-0.2, -0.15) is 5.10 Å². The lowest BCUT2D eigenvalue weighted by molar-refractivity contribution is 0.648. The summed E-state index contributed by atoms with van der Waals surface area (Å²) in [6, 6.07) is 12.4. The lowest BCUT2D eigenvalue weighted by atomic mass is 10.1. The van der Waals surface area contributed by atoms with E-state index in [9.17, 15) is 0 Å². The van der Waals surface area contributed by atoms with Gasteiger partial charge in [-0.05, 0) is 36.6 Å². The highest BCUT2D eigenvalue weighted by atomic mass is 127. The number of hydrogen-bond acceptors (Lipinski definition) is 5. The zero-order chi connectivity index (χ0) is 21.5. The first-order chi connectivity index (χ1) is 15.2. The molecule has 0 amide bonds. The fourth-order valence-corrected chi connectivity index (χ4v) is 3.93. The molecule has 32 heavy (non-hydrogen) atoms. The molecule has 0 spiro atoms. The summed E-state index contributed by atoms with van der Waals surface area (Å²) in [6.45, 7) is 5.94. The molecule has 3 aromatic rings. The van der Waals surface area contributed by atoms with Crippen molar-refractivity contribution in [3.63, 3.8) is 0 Å². The fourth-order valence-electron chi connectivity index (χ4n) is 3.69. The number of aromatic nitrogens is 4. The highest BCUT2D eigenvalue weighted by molar-refractivity contribution is 14.0. The molecule has 10 heteroatoms. The van der Waals surface area contributed by atoms with Crippen molar-refractivity contribution >= 4 is 47.4 Å². The van der Waals surface area contributed by atoms with Crippen molar-refractivity contribution in [2.75, 3.05) is 24.5 Å². The first kappa shape index (κ1) is 24.2. The van der Waals surface area contributed by atoms with Gasteiger partial charge in [0, 0.05) is 31.9 Å². The van der Waals surface area contributed by atoms with Gasteiger partial charge in [0.2, 0.25) is 0 Å². The standard InChI is InChI=1S/C22H27ClN8.HI/c1-2-25-22(29-19-8-10-30(14-19)21-20(23)7-4-9-26-21)27-12-17-5-3-6-18(11-17)13-31-16-24-15-28-31;/h3-7,9,11,15-16,19H,2,8,10,12-14H2,1H3,(H2,25,27,29);1H. The van der Waals surface area contributed by atoms with Crippen LogP contribution < -0.4 is 15.5 Å². The summed E-state index contributed by atoms with van der Waals surface area (Å²) in [5, 5.41) is 11.8. The fraction of sp³-hybridized carbons (Fsp3) is 0.364. The van der Waals surface area contributed by atoms with Gasteiger partial charge in [0.05, 0.1) is 18.1 Å². The maximum atomic E-state index is 6.31. The van der Waals surface area contributed by atoms with Crippen LogP contribution in [-0.2, 0) is 13.1 Å². The number of hydrogen-bond donors (Lipinski definition) is 2. The Morgan fingerprint density at radius 3 is 2.91 bits per heavy atom. The molecule has 0 saturated carbocycles. The third kappa shape index (κ3) is 6.55. The number of halogens is 2. The summed E-state index contributed by atoms with van der Waals surface area (Å²) in [4.78, 5) is 15.4. The predicted molar refractivity (Wildman–Crippen MR) is 139 cm³/mol. The Morgan fingerprint density at radius 1 is 1.25 bits per heavy atom. The van der Waals surface area contributed by atoms with Gasteiger partial charge in [-0.3, -0.25) is 0 Å². The van der Waals surface area contributed by atoms with Crippen molar-refractivity contribution in [1.29, 1.82) is 0 Å². The minimum absolute atomic E-state index is 0. The van der Waals surface area contributed by atoms with Crippen LogP contribution in [-0.4, -0.2) is 51.4 Å². The topological polar surface area (TPSA) is 83.3 Å². The summed E-state index contributed by atoms with van der Waals surface area (Å²) >= 11 is 6.31. The average molecular weight is 567 g/mol. The maximum absolute atomic E-state index is 6.31. The summed E-state index contributed by atoms with van der Waals surface area (Å²) in [6.07, 6.45) is 6.06. The zero-order valence-corrected chi connectivity index (χ0v) is 21.1. The molecule has 1 aromatic carbocycles. The lowest BCUT2D eigenvalue weighted by Crippen LogP contribution is -2.44. The van der Waals surface area contributed by atoms with E-state index in [-0.39, 0.29) is 30.0 Å². The molecule has 1 unspecified atom stereocenters. The molecule has 8 nitrogen and oxygen atoms in total. The van der Waals surface area contributed by atoms with E-state index in [0.717, 1.165) is 43.4 Å². The van der Waals surface area contributed by atoms with Crippen LogP contribution in [0.25, 0.3) is 0 Å². The molecule has 3 heterocycles. The predicted octanol–water partition coefficient (Wildman–Crippen LogP) is 3.33. The first-order valence-electron chi connectivity index (χ1n) is 10.5. The van der Waals surface area contributed by atoms with Gasteiger partial charge in [0.25, 0.3) is 0 Å². The second-order valence-electron chi connectivity index (χ2n) is 7.49. The Balaban J connectivity index is 0.00000289. The minimum atomic E-state index is 0. The van der Waals surface area contributed by atoms with Crippen molar-refractivity contribution in [3.8, 4) is 0 Å². The number of aliphatic imine (C=N–C) groups is 1. The summed E-state index contributed by atoms with van der Waals surface area (Å²) in [5.41, 5.74) is 2.33. The average Bonchev–Trinajstić information content (AvgIpc) is 3.45. The molecule has 4 rings (SSSR count). The number of benzene rings is 1. The van der Waals surface area contributed by atoms with Gasteiger partial charge >= 0.3 is 0 Å². The van der Waals surface area contributed by atoms with Crippen molar-refractivity contribution in [2.45, 2.75) is 32.5 Å². The number of guanidine groups is 1. The molecule has 1 saturated heterocycles. The number of nitrogens with one attached hydrogen (secondary N) is 2. The molecule has 1 aliphatic heterocycles. The monoisotopic (exact) mass is 566 g/mol. The SMILES string of the molecule is CCNC(=NCc1cccc(Cn2cncn2)c1)NC1CCN(c2ncccc2Cl)C1.I. The molecule has 1 fully saturated rings. The van der Waals surface area contributed by atoms with E-state index in [1.807, 2.05) is 16.8 Å². The van der Waals surface area contributed by atoms with Crippen LogP contribution >= 0.6 is 35.6 Å². The normalized spacial score (nSPS) is 16.0. The maximum Gasteiger partial charge on any atom is 0.191 e. The van der Waals surface area contributed by atoms with Crippen LogP contribution in [0.4, 0.5) is 5.82 Å². The molecule has 170 valence electrons. The van der Waals surface area contributed by atoms with Gasteiger partial charge < -0.3 is 15.5 Å². The van der Waals surface area contributed by atoms with Crippen molar-refractivity contribution < 1.29 is 0 Å². The van der Waals surface area contributed by atoms with E-state index >= 15 is 0 Å². The van der Waals surface area contributed by atoms with Gasteiger partial charge in [0.1, 0.15) is 18.5 Å². The Bertz CT molecular complexity index is 1010. The van der Waals surface area contributed by atoms with Crippen molar-refractivity contribution in [3.05, 3.63) is 71.4 Å². The van der Waals surface area contributed by atoms with E-state index in [1.165, 1.54) is 5.56 Å². The Labute approximate surface area is 210 Å². The van der Waals surface area contributed by atoms with E-state index < -0.39 is 0 Å². The Kier molecular flexibility index (Phi) is 9.10. The summed E-state index contributed by atoms with van der Waals surface area (Å²) in [7, 11) is 0. The Morgan fingerprint density at radius 2 is 2.12 bits per heavy atom. The van der Waals surface area contributed by atoms with E-state index in [0.29, 0.717) is 18.1 Å². The second-order valence-corrected chi connectivity index (χ2v) is 7.90. The van der Waals surface area contributed by atoms with Crippen LogP contribution in [0.15, 0.2) is 60.2 Å². The third-order valence-corrected chi connectivity index (χ3v) is 5.43.